The number of hydrogen-bond acceptors (Lipinski definition) is 3. The molecule has 0 saturated heterocycles. The molecule has 2 unspecified atom stereocenters. The smallest absolute Gasteiger partial charge is 0.315 e. The van der Waals surface area contributed by atoms with E-state index in [1.54, 1.807) is 12.5 Å². The van der Waals surface area contributed by atoms with E-state index in [1.807, 2.05) is 10.8 Å². The first kappa shape index (κ1) is 15.3. The molecule has 1 aliphatic carbocycles. The first-order valence-corrected chi connectivity index (χ1v) is 7.38. The molecule has 0 bridgehead atoms. The second-order valence-corrected chi connectivity index (χ2v) is 5.45. The highest BCUT2D eigenvalue weighted by Crippen LogP contribution is 2.24. The first-order chi connectivity index (χ1) is 10.1. The minimum Gasteiger partial charge on any atom is -0.481 e. The van der Waals surface area contributed by atoms with Crippen LogP contribution in [0.2, 0.25) is 0 Å². The van der Waals surface area contributed by atoms with Crippen molar-refractivity contribution < 1.29 is 14.7 Å². The van der Waals surface area contributed by atoms with Crippen molar-refractivity contribution in [2.24, 2.45) is 5.92 Å². The number of aliphatic carboxylic acids is 1. The minimum atomic E-state index is -0.762. The summed E-state index contributed by atoms with van der Waals surface area (Å²) in [7, 11) is 0. The molecule has 21 heavy (non-hydrogen) atoms. The zero-order valence-electron chi connectivity index (χ0n) is 12.0. The Labute approximate surface area is 123 Å². The highest BCUT2D eigenvalue weighted by atomic mass is 16.4. The molecule has 1 aromatic rings. The Kier molecular flexibility index (Phi) is 5.59. The molecule has 3 N–H and O–H groups in total. The van der Waals surface area contributed by atoms with Crippen LogP contribution in [0.4, 0.5) is 4.79 Å². The lowest BCUT2D eigenvalue weighted by Gasteiger charge is -2.27. The van der Waals surface area contributed by atoms with Crippen LogP contribution in [0.3, 0.4) is 0 Å². The fraction of sp³-hybridized carbons (Fsp3) is 0.643. The van der Waals surface area contributed by atoms with Crippen molar-refractivity contribution in [1.82, 2.24) is 20.2 Å². The molecule has 2 atom stereocenters. The number of amides is 2. The van der Waals surface area contributed by atoms with E-state index in [0.29, 0.717) is 19.4 Å². The van der Waals surface area contributed by atoms with Crippen molar-refractivity contribution in [3.63, 3.8) is 0 Å². The Morgan fingerprint density at radius 3 is 2.95 bits per heavy atom. The van der Waals surface area contributed by atoms with Crippen LogP contribution in [-0.2, 0) is 11.3 Å². The number of carboxylic acids is 1. The second kappa shape index (κ2) is 7.66. The Morgan fingerprint density at radius 1 is 1.38 bits per heavy atom. The van der Waals surface area contributed by atoms with Gasteiger partial charge in [0, 0.05) is 31.5 Å². The Balaban J connectivity index is 1.61. The average Bonchev–Trinajstić information content (AvgIpc) is 2.97. The van der Waals surface area contributed by atoms with E-state index in [9.17, 15) is 9.59 Å². The molecule has 7 heteroatoms. The summed E-state index contributed by atoms with van der Waals surface area (Å²) in [6, 6.07) is -0.245. The first-order valence-electron chi connectivity index (χ1n) is 7.38. The van der Waals surface area contributed by atoms with Crippen LogP contribution in [0.1, 0.15) is 32.1 Å². The highest BCUT2D eigenvalue weighted by molar-refractivity contribution is 5.74. The number of hydrogen-bond donors (Lipinski definition) is 3. The van der Waals surface area contributed by atoms with Crippen molar-refractivity contribution in [3.05, 3.63) is 18.7 Å². The van der Waals surface area contributed by atoms with Crippen LogP contribution in [0, 0.1) is 5.92 Å². The molecule has 0 aliphatic heterocycles. The predicted molar refractivity (Wildman–Crippen MR) is 76.8 cm³/mol. The number of nitrogens with zero attached hydrogens (tertiary/aromatic N) is 2. The van der Waals surface area contributed by atoms with Gasteiger partial charge >= 0.3 is 12.0 Å². The molecule has 1 heterocycles. The van der Waals surface area contributed by atoms with Crippen LogP contribution in [-0.4, -0.2) is 39.2 Å². The van der Waals surface area contributed by atoms with Gasteiger partial charge in [0.2, 0.25) is 0 Å². The zero-order chi connectivity index (χ0) is 15.1. The number of carbonyl (C=O) groups excluding carboxylic acids is 1. The molecule has 1 aliphatic rings. The van der Waals surface area contributed by atoms with Gasteiger partial charge in [0.05, 0.1) is 12.2 Å². The van der Waals surface area contributed by atoms with Gasteiger partial charge in [0.25, 0.3) is 0 Å². The number of aromatic nitrogens is 2. The molecule has 0 radical (unpaired) electrons. The van der Waals surface area contributed by atoms with Crippen molar-refractivity contribution in [3.8, 4) is 0 Å². The fourth-order valence-corrected chi connectivity index (χ4v) is 2.66. The number of nitrogens with one attached hydrogen (secondary N) is 2. The van der Waals surface area contributed by atoms with Crippen LogP contribution in [0.25, 0.3) is 0 Å². The molecule has 0 aromatic carbocycles. The van der Waals surface area contributed by atoms with Gasteiger partial charge in [0.1, 0.15) is 0 Å². The molecule has 2 rings (SSSR count). The molecule has 2 amide bonds. The average molecular weight is 294 g/mol. The number of imidazole rings is 1. The lowest BCUT2D eigenvalue weighted by molar-refractivity contribution is -0.143. The van der Waals surface area contributed by atoms with Gasteiger partial charge in [-0.05, 0) is 25.7 Å². The van der Waals surface area contributed by atoms with Crippen LogP contribution in [0.5, 0.6) is 0 Å². The van der Waals surface area contributed by atoms with Crippen LogP contribution < -0.4 is 10.6 Å². The second-order valence-electron chi connectivity index (χ2n) is 5.45. The fourth-order valence-electron chi connectivity index (χ4n) is 2.66. The van der Waals surface area contributed by atoms with Crippen molar-refractivity contribution in [2.75, 3.05) is 6.54 Å². The van der Waals surface area contributed by atoms with E-state index < -0.39 is 5.97 Å². The minimum absolute atomic E-state index is 0.0338. The van der Waals surface area contributed by atoms with Crippen LogP contribution in [0.15, 0.2) is 18.7 Å². The summed E-state index contributed by atoms with van der Waals surface area (Å²) in [5.41, 5.74) is 0. The zero-order valence-corrected chi connectivity index (χ0v) is 12.0. The maximum atomic E-state index is 11.8. The maximum Gasteiger partial charge on any atom is 0.315 e. The third kappa shape index (κ3) is 5.09. The van der Waals surface area contributed by atoms with Gasteiger partial charge in [-0.1, -0.05) is 6.42 Å². The van der Waals surface area contributed by atoms with Crippen molar-refractivity contribution in [1.29, 1.82) is 0 Å². The van der Waals surface area contributed by atoms with Gasteiger partial charge in [-0.15, -0.1) is 0 Å². The number of carbonyl (C=O) groups is 2. The monoisotopic (exact) mass is 294 g/mol. The Hall–Kier alpha value is -2.05. The normalized spacial score (nSPS) is 21.7. The predicted octanol–water partition coefficient (Wildman–Crippen LogP) is 1.22. The van der Waals surface area contributed by atoms with Crippen LogP contribution >= 0.6 is 0 Å². The summed E-state index contributed by atoms with van der Waals surface area (Å²) in [5.74, 6) is -1.09. The number of rotatable bonds is 6. The van der Waals surface area contributed by atoms with E-state index in [0.717, 1.165) is 25.8 Å². The number of aryl methyl sites for hydroxylation is 1. The largest absolute Gasteiger partial charge is 0.481 e. The summed E-state index contributed by atoms with van der Waals surface area (Å²) in [6.45, 7) is 1.39. The van der Waals surface area contributed by atoms with Gasteiger partial charge in [-0.2, -0.15) is 0 Å². The maximum absolute atomic E-state index is 11.8. The van der Waals surface area contributed by atoms with Gasteiger partial charge < -0.3 is 20.3 Å². The van der Waals surface area contributed by atoms with Crippen molar-refractivity contribution >= 4 is 12.0 Å². The highest BCUT2D eigenvalue weighted by Gasteiger charge is 2.27. The molecule has 116 valence electrons. The van der Waals surface area contributed by atoms with E-state index in [2.05, 4.69) is 15.6 Å². The quantitative estimate of drug-likeness (QED) is 0.687. The third-order valence-electron chi connectivity index (χ3n) is 3.80. The number of urea groups is 1. The molecular formula is C14H22N4O3. The summed E-state index contributed by atoms with van der Waals surface area (Å²) < 4.78 is 1.96. The molecule has 1 aromatic heterocycles. The van der Waals surface area contributed by atoms with E-state index in [-0.39, 0.29) is 18.0 Å². The topological polar surface area (TPSA) is 96.3 Å². The summed E-state index contributed by atoms with van der Waals surface area (Å²) >= 11 is 0. The van der Waals surface area contributed by atoms with E-state index in [1.165, 1.54) is 0 Å². The Morgan fingerprint density at radius 2 is 2.24 bits per heavy atom. The van der Waals surface area contributed by atoms with E-state index >= 15 is 0 Å². The number of carboxylic acid groups (broad SMARTS) is 1. The van der Waals surface area contributed by atoms with Crippen molar-refractivity contribution in [2.45, 2.75) is 44.7 Å². The lowest BCUT2D eigenvalue weighted by atomic mass is 9.86. The lowest BCUT2D eigenvalue weighted by Crippen LogP contribution is -2.45. The molecule has 7 nitrogen and oxygen atoms in total. The summed E-state index contributed by atoms with van der Waals surface area (Å²) in [4.78, 5) is 26.7. The molecule has 1 fully saturated rings. The van der Waals surface area contributed by atoms with E-state index in [4.69, 9.17) is 5.11 Å². The van der Waals surface area contributed by atoms with Gasteiger partial charge in [-0.3, -0.25) is 4.79 Å². The molecule has 0 spiro atoms. The van der Waals surface area contributed by atoms with Gasteiger partial charge in [0.15, 0.2) is 0 Å². The third-order valence-corrected chi connectivity index (χ3v) is 3.80. The molecular weight excluding hydrogens is 272 g/mol. The van der Waals surface area contributed by atoms with Gasteiger partial charge in [-0.25, -0.2) is 9.78 Å². The summed E-state index contributed by atoms with van der Waals surface area (Å²) in [5, 5.41) is 14.7. The molecule has 1 saturated carbocycles. The summed E-state index contributed by atoms with van der Waals surface area (Å²) in [6.07, 6.45) is 9.11. The Bertz CT molecular complexity index is 461. The standard InChI is InChI=1S/C14H22N4O3/c19-13(20)11-3-1-4-12(9-11)17-14(21)16-5-2-7-18-8-6-15-10-18/h6,8,10-12H,1-5,7,9H2,(H,19,20)(H2,16,17,21). The SMILES string of the molecule is O=C(NCCCn1ccnc1)NC1CCCC(C(=O)O)C1.